The first-order valence-electron chi connectivity index (χ1n) is 8.17. The quantitative estimate of drug-likeness (QED) is 0.564. The number of benzene rings is 2. The summed E-state index contributed by atoms with van der Waals surface area (Å²) in [6, 6.07) is 16.2. The Bertz CT molecular complexity index is 1010. The van der Waals surface area contributed by atoms with Gasteiger partial charge in [-0.3, -0.25) is 4.98 Å². The molecular weight excluding hydrogens is 298 g/mol. The zero-order valence-corrected chi connectivity index (χ0v) is 13.9. The van der Waals surface area contributed by atoms with Crippen LogP contribution in [0.25, 0.3) is 21.9 Å². The van der Waals surface area contributed by atoms with E-state index < -0.39 is 0 Å². The Hall–Kier alpha value is -2.88. The van der Waals surface area contributed by atoms with E-state index in [-0.39, 0.29) is 0 Å². The van der Waals surface area contributed by atoms with Crippen LogP contribution in [0.15, 0.2) is 54.7 Å². The summed E-state index contributed by atoms with van der Waals surface area (Å²) in [6.45, 7) is 2.67. The lowest BCUT2D eigenvalue weighted by atomic mass is 10.2. The molecule has 0 N–H and O–H groups in total. The van der Waals surface area contributed by atoms with Crippen molar-refractivity contribution in [2.45, 2.75) is 20.0 Å². The van der Waals surface area contributed by atoms with Crippen molar-refractivity contribution in [3.63, 3.8) is 0 Å². The number of pyridine rings is 1. The number of nitrogens with zero attached hydrogens (tertiary/aromatic N) is 3. The highest BCUT2D eigenvalue weighted by Crippen LogP contribution is 2.28. The van der Waals surface area contributed by atoms with Gasteiger partial charge in [0.05, 0.1) is 17.2 Å². The van der Waals surface area contributed by atoms with Crippen LogP contribution in [-0.2, 0) is 20.1 Å². The van der Waals surface area contributed by atoms with Gasteiger partial charge >= 0.3 is 0 Å². The lowest BCUT2D eigenvalue weighted by molar-refractivity contribution is 0.306. The number of hydrogen-bond donors (Lipinski definition) is 0. The third-order valence-electron chi connectivity index (χ3n) is 4.33. The molecule has 0 spiro atoms. The first kappa shape index (κ1) is 14.7. The molecule has 2 aromatic heterocycles. The number of aryl methyl sites for hydroxylation is 2. The van der Waals surface area contributed by atoms with E-state index in [1.54, 1.807) is 0 Å². The molecule has 0 saturated heterocycles. The molecule has 24 heavy (non-hydrogen) atoms. The summed E-state index contributed by atoms with van der Waals surface area (Å²) < 4.78 is 8.12. The Kier molecular flexibility index (Phi) is 3.65. The largest absolute Gasteiger partial charge is 0.489 e. The van der Waals surface area contributed by atoms with Gasteiger partial charge in [-0.05, 0) is 23.8 Å². The molecule has 0 atom stereocenters. The zero-order valence-electron chi connectivity index (χ0n) is 13.9. The molecule has 0 aliphatic carbocycles. The van der Waals surface area contributed by atoms with Crippen molar-refractivity contribution in [1.29, 1.82) is 0 Å². The van der Waals surface area contributed by atoms with E-state index in [9.17, 15) is 0 Å². The van der Waals surface area contributed by atoms with E-state index in [0.29, 0.717) is 6.61 Å². The average Bonchev–Trinajstić information content (AvgIpc) is 2.97. The summed E-state index contributed by atoms with van der Waals surface area (Å²) in [4.78, 5) is 9.19. The second-order valence-corrected chi connectivity index (χ2v) is 5.89. The maximum atomic E-state index is 5.96. The van der Waals surface area contributed by atoms with Gasteiger partial charge in [-0.2, -0.15) is 0 Å². The SMILES string of the molecule is CCc1nc2cnc3ccc(OCc4ccccc4)cc3c2n1C. The van der Waals surface area contributed by atoms with Crippen molar-refractivity contribution in [2.75, 3.05) is 0 Å². The van der Waals surface area contributed by atoms with E-state index in [1.165, 1.54) is 0 Å². The first-order valence-corrected chi connectivity index (χ1v) is 8.17. The first-order chi connectivity index (χ1) is 11.8. The highest BCUT2D eigenvalue weighted by Gasteiger charge is 2.11. The van der Waals surface area contributed by atoms with Gasteiger partial charge in [-0.15, -0.1) is 0 Å². The molecule has 4 nitrogen and oxygen atoms in total. The highest BCUT2D eigenvalue weighted by atomic mass is 16.5. The average molecular weight is 317 g/mol. The molecule has 4 heteroatoms. The highest BCUT2D eigenvalue weighted by molar-refractivity contribution is 6.02. The van der Waals surface area contributed by atoms with Gasteiger partial charge in [-0.1, -0.05) is 37.3 Å². The minimum absolute atomic E-state index is 0.557. The van der Waals surface area contributed by atoms with Gasteiger partial charge in [0.2, 0.25) is 0 Å². The molecule has 4 rings (SSSR count). The van der Waals surface area contributed by atoms with Crippen molar-refractivity contribution < 1.29 is 4.74 Å². The van der Waals surface area contributed by atoms with Crippen LogP contribution in [0.4, 0.5) is 0 Å². The van der Waals surface area contributed by atoms with Gasteiger partial charge < -0.3 is 9.30 Å². The van der Waals surface area contributed by atoms with Gasteiger partial charge in [0, 0.05) is 18.9 Å². The Balaban J connectivity index is 1.75. The Morgan fingerprint density at radius 1 is 1.04 bits per heavy atom. The molecule has 0 amide bonds. The summed E-state index contributed by atoms with van der Waals surface area (Å²) in [5.41, 5.74) is 4.16. The van der Waals surface area contributed by atoms with Crippen LogP contribution in [0.1, 0.15) is 18.3 Å². The standard InChI is InChI=1S/C20H19N3O/c1-3-19-22-18-12-21-17-10-9-15(11-16(17)20(18)23(19)2)24-13-14-7-5-4-6-8-14/h4-12H,3,13H2,1-2H3. The van der Waals surface area contributed by atoms with Gasteiger partial charge in [-0.25, -0.2) is 4.98 Å². The van der Waals surface area contributed by atoms with Crippen molar-refractivity contribution in [1.82, 2.24) is 14.5 Å². The van der Waals surface area contributed by atoms with Gasteiger partial charge in [0.1, 0.15) is 23.7 Å². The number of imidazole rings is 1. The molecule has 0 radical (unpaired) electrons. The molecule has 0 aliphatic heterocycles. The number of aromatic nitrogens is 3. The van der Waals surface area contributed by atoms with Crippen LogP contribution in [0, 0.1) is 0 Å². The van der Waals surface area contributed by atoms with Crippen LogP contribution in [0.3, 0.4) is 0 Å². The van der Waals surface area contributed by atoms with Gasteiger partial charge in [0.15, 0.2) is 0 Å². The molecule has 0 unspecified atom stereocenters. The Morgan fingerprint density at radius 3 is 2.67 bits per heavy atom. The van der Waals surface area contributed by atoms with Crippen molar-refractivity contribution in [2.24, 2.45) is 7.05 Å². The van der Waals surface area contributed by atoms with E-state index in [1.807, 2.05) is 36.5 Å². The van der Waals surface area contributed by atoms with E-state index >= 15 is 0 Å². The monoisotopic (exact) mass is 317 g/mol. The predicted octanol–water partition coefficient (Wildman–Crippen LogP) is 4.26. The van der Waals surface area contributed by atoms with Crippen LogP contribution in [0.5, 0.6) is 5.75 Å². The number of fused-ring (bicyclic) bond motifs is 3. The molecule has 0 fully saturated rings. The molecule has 0 aliphatic rings. The Morgan fingerprint density at radius 2 is 1.88 bits per heavy atom. The third kappa shape index (κ3) is 2.50. The summed E-state index contributed by atoms with van der Waals surface area (Å²) in [7, 11) is 2.06. The predicted molar refractivity (Wildman–Crippen MR) is 96.2 cm³/mol. The summed E-state index contributed by atoms with van der Waals surface area (Å²) in [6.07, 6.45) is 2.75. The van der Waals surface area contributed by atoms with Crippen LogP contribution >= 0.6 is 0 Å². The fraction of sp³-hybridized carbons (Fsp3) is 0.200. The van der Waals surface area contributed by atoms with Gasteiger partial charge in [0.25, 0.3) is 0 Å². The summed E-state index contributed by atoms with van der Waals surface area (Å²) in [5, 5.41) is 1.08. The van der Waals surface area contributed by atoms with Crippen molar-refractivity contribution >= 4 is 21.9 Å². The zero-order chi connectivity index (χ0) is 16.5. The topological polar surface area (TPSA) is 39.9 Å². The lowest BCUT2D eigenvalue weighted by Crippen LogP contribution is -1.97. The number of rotatable bonds is 4. The fourth-order valence-electron chi connectivity index (χ4n) is 3.07. The van der Waals surface area contributed by atoms with E-state index in [2.05, 4.69) is 46.7 Å². The van der Waals surface area contributed by atoms with Crippen molar-refractivity contribution in [3.8, 4) is 5.75 Å². The second-order valence-electron chi connectivity index (χ2n) is 5.89. The maximum Gasteiger partial charge on any atom is 0.120 e. The van der Waals surface area contributed by atoms with Crippen LogP contribution in [-0.4, -0.2) is 14.5 Å². The van der Waals surface area contributed by atoms with E-state index in [0.717, 1.165) is 45.5 Å². The number of ether oxygens (including phenoxy) is 1. The molecule has 0 bridgehead atoms. The third-order valence-corrected chi connectivity index (χ3v) is 4.33. The summed E-state index contributed by atoms with van der Waals surface area (Å²) in [5.74, 6) is 1.91. The van der Waals surface area contributed by atoms with Crippen LogP contribution in [0.2, 0.25) is 0 Å². The minimum Gasteiger partial charge on any atom is -0.489 e. The molecular formula is C20H19N3O. The van der Waals surface area contributed by atoms with E-state index in [4.69, 9.17) is 4.74 Å². The fourth-order valence-corrected chi connectivity index (χ4v) is 3.07. The Labute approximate surface area is 140 Å². The molecule has 4 aromatic rings. The number of hydrogen-bond acceptors (Lipinski definition) is 3. The van der Waals surface area contributed by atoms with Crippen molar-refractivity contribution in [3.05, 3.63) is 66.1 Å². The normalized spacial score (nSPS) is 11.2. The molecule has 2 heterocycles. The molecule has 2 aromatic carbocycles. The van der Waals surface area contributed by atoms with Crippen LogP contribution < -0.4 is 4.74 Å². The minimum atomic E-state index is 0.557. The second kappa shape index (κ2) is 5.96. The molecule has 0 saturated carbocycles. The summed E-state index contributed by atoms with van der Waals surface area (Å²) >= 11 is 0. The molecule has 120 valence electrons. The maximum absolute atomic E-state index is 5.96. The smallest absolute Gasteiger partial charge is 0.120 e. The lowest BCUT2D eigenvalue weighted by Gasteiger charge is -2.08.